The molecule has 1 unspecified atom stereocenters. The van der Waals surface area contributed by atoms with Crippen molar-refractivity contribution >= 4 is 11.8 Å². The number of H-pyrrole nitrogens is 1. The maximum atomic E-state index is 13.3. The number of hydrogen-bond acceptors (Lipinski definition) is 4. The molecule has 148 valence electrons. The molecule has 7 heteroatoms. The van der Waals surface area contributed by atoms with Crippen LogP contribution in [-0.4, -0.2) is 61.6 Å². The number of rotatable bonds is 3. The topological polar surface area (TPSA) is 89.5 Å². The Balaban J connectivity index is 1.61. The third kappa shape index (κ3) is 2.95. The predicted octanol–water partition coefficient (Wildman–Crippen LogP) is 2.79. The minimum absolute atomic E-state index is 0.0814. The largest absolute Gasteiger partial charge is 0.508 e. The summed E-state index contributed by atoms with van der Waals surface area (Å²) in [4.78, 5) is 30.2. The third-order valence-corrected chi connectivity index (χ3v) is 5.98. The highest BCUT2D eigenvalue weighted by Crippen LogP contribution is 2.39. The van der Waals surface area contributed by atoms with Gasteiger partial charge in [-0.2, -0.15) is 5.10 Å². The summed E-state index contributed by atoms with van der Waals surface area (Å²) in [5, 5.41) is 16.5. The molecule has 4 rings (SSSR count). The Kier molecular flexibility index (Phi) is 4.61. The molecule has 28 heavy (non-hydrogen) atoms. The molecule has 0 saturated carbocycles. The Bertz CT molecular complexity index is 889. The number of aromatic nitrogens is 2. The number of carbonyl (C=O) groups is 2. The van der Waals surface area contributed by atoms with E-state index in [4.69, 9.17) is 0 Å². The number of piperidine rings is 1. The molecule has 0 bridgehead atoms. The highest BCUT2D eigenvalue weighted by molar-refractivity contribution is 5.99. The molecule has 2 aromatic rings. The van der Waals surface area contributed by atoms with Crippen molar-refractivity contribution in [3.8, 4) is 17.0 Å². The standard InChI is InChI=1S/C21H26N4O3/c1-14(2)24-11-3-9-21(20(24)28)10-4-12-25(21)19(27)18-13-17(22-23-18)15-5-7-16(26)8-6-15/h5-8,13-14,26H,3-4,9-12H2,1-2H3,(H,22,23). The molecule has 1 spiro atoms. The molecule has 1 atom stereocenters. The van der Waals surface area contributed by atoms with Crippen LogP contribution in [0.5, 0.6) is 5.75 Å². The number of nitrogens with one attached hydrogen (secondary N) is 1. The zero-order chi connectivity index (χ0) is 19.9. The van der Waals surface area contributed by atoms with Gasteiger partial charge in [-0.1, -0.05) is 0 Å². The van der Waals surface area contributed by atoms with E-state index >= 15 is 0 Å². The fourth-order valence-electron chi connectivity index (χ4n) is 4.52. The number of aromatic hydroxyl groups is 1. The van der Waals surface area contributed by atoms with E-state index in [1.165, 1.54) is 0 Å². The van der Waals surface area contributed by atoms with Gasteiger partial charge in [-0.05, 0) is 69.9 Å². The summed E-state index contributed by atoms with van der Waals surface area (Å²) in [6, 6.07) is 8.53. The SMILES string of the molecule is CC(C)N1CCCC2(CCCN2C(=O)c2cc(-c3ccc(O)cc3)n[nH]2)C1=O. The van der Waals surface area contributed by atoms with Crippen LogP contribution in [0, 0.1) is 0 Å². The van der Waals surface area contributed by atoms with Gasteiger partial charge in [0.05, 0.1) is 5.69 Å². The Labute approximate surface area is 164 Å². The number of nitrogens with zero attached hydrogens (tertiary/aromatic N) is 3. The number of hydrogen-bond donors (Lipinski definition) is 2. The van der Waals surface area contributed by atoms with E-state index in [1.807, 2.05) is 18.7 Å². The van der Waals surface area contributed by atoms with Crippen LogP contribution in [0.2, 0.25) is 0 Å². The van der Waals surface area contributed by atoms with E-state index in [2.05, 4.69) is 10.2 Å². The average Bonchev–Trinajstić information content (AvgIpc) is 3.32. The molecule has 0 radical (unpaired) electrons. The lowest BCUT2D eigenvalue weighted by molar-refractivity contribution is -0.147. The quantitative estimate of drug-likeness (QED) is 0.854. The summed E-state index contributed by atoms with van der Waals surface area (Å²) in [7, 11) is 0. The van der Waals surface area contributed by atoms with Gasteiger partial charge in [0, 0.05) is 24.7 Å². The lowest BCUT2D eigenvalue weighted by Gasteiger charge is -2.45. The predicted molar refractivity (Wildman–Crippen MR) is 105 cm³/mol. The maximum Gasteiger partial charge on any atom is 0.272 e. The monoisotopic (exact) mass is 382 g/mol. The summed E-state index contributed by atoms with van der Waals surface area (Å²) in [6.07, 6.45) is 3.19. The van der Waals surface area contributed by atoms with Crippen LogP contribution in [-0.2, 0) is 4.79 Å². The van der Waals surface area contributed by atoms with E-state index in [1.54, 1.807) is 35.2 Å². The molecule has 1 aromatic carbocycles. The Morgan fingerprint density at radius 1 is 1.18 bits per heavy atom. The van der Waals surface area contributed by atoms with Gasteiger partial charge >= 0.3 is 0 Å². The molecule has 2 fully saturated rings. The van der Waals surface area contributed by atoms with Crippen LogP contribution in [0.1, 0.15) is 50.0 Å². The van der Waals surface area contributed by atoms with Gasteiger partial charge in [0.1, 0.15) is 17.0 Å². The van der Waals surface area contributed by atoms with Crippen LogP contribution < -0.4 is 0 Å². The van der Waals surface area contributed by atoms with Crippen molar-refractivity contribution in [1.29, 1.82) is 0 Å². The van der Waals surface area contributed by atoms with Crippen molar-refractivity contribution in [2.75, 3.05) is 13.1 Å². The first kappa shape index (κ1) is 18.5. The molecular weight excluding hydrogens is 356 g/mol. The molecule has 2 aliphatic heterocycles. The van der Waals surface area contributed by atoms with Gasteiger partial charge in [0.25, 0.3) is 5.91 Å². The molecule has 2 N–H and O–H groups in total. The fraction of sp³-hybridized carbons (Fsp3) is 0.476. The van der Waals surface area contributed by atoms with Crippen LogP contribution in [0.15, 0.2) is 30.3 Å². The van der Waals surface area contributed by atoms with Gasteiger partial charge in [-0.3, -0.25) is 14.7 Å². The highest BCUT2D eigenvalue weighted by atomic mass is 16.3. The van der Waals surface area contributed by atoms with Crippen LogP contribution in [0.25, 0.3) is 11.3 Å². The molecule has 7 nitrogen and oxygen atoms in total. The summed E-state index contributed by atoms with van der Waals surface area (Å²) in [6.45, 7) is 5.40. The maximum absolute atomic E-state index is 13.3. The highest BCUT2D eigenvalue weighted by Gasteiger charge is 2.53. The minimum atomic E-state index is -0.719. The van der Waals surface area contributed by atoms with Gasteiger partial charge in [-0.25, -0.2) is 0 Å². The number of likely N-dealkylation sites (tertiary alicyclic amines) is 2. The molecular formula is C21H26N4O3. The summed E-state index contributed by atoms with van der Waals surface area (Å²) < 4.78 is 0. The van der Waals surface area contributed by atoms with E-state index in [0.717, 1.165) is 37.8 Å². The first-order chi connectivity index (χ1) is 13.4. The summed E-state index contributed by atoms with van der Waals surface area (Å²) in [5.41, 5.74) is 1.11. The lowest BCUT2D eigenvalue weighted by Crippen LogP contribution is -2.62. The number of carbonyl (C=O) groups excluding carboxylic acids is 2. The molecule has 1 aromatic heterocycles. The van der Waals surface area contributed by atoms with E-state index in [-0.39, 0.29) is 23.6 Å². The van der Waals surface area contributed by atoms with Crippen molar-refractivity contribution in [2.24, 2.45) is 0 Å². The van der Waals surface area contributed by atoms with Crippen molar-refractivity contribution in [1.82, 2.24) is 20.0 Å². The summed E-state index contributed by atoms with van der Waals surface area (Å²) >= 11 is 0. The van der Waals surface area contributed by atoms with E-state index in [0.29, 0.717) is 17.9 Å². The summed E-state index contributed by atoms with van der Waals surface area (Å²) in [5.74, 6) is 0.0898. The molecule has 3 heterocycles. The smallest absolute Gasteiger partial charge is 0.272 e. The second-order valence-electron chi connectivity index (χ2n) is 8.00. The normalized spacial score (nSPS) is 22.5. The number of phenols is 1. The van der Waals surface area contributed by atoms with Gasteiger partial charge < -0.3 is 14.9 Å². The fourth-order valence-corrected chi connectivity index (χ4v) is 4.52. The van der Waals surface area contributed by atoms with E-state index in [9.17, 15) is 14.7 Å². The second kappa shape index (κ2) is 6.96. The van der Waals surface area contributed by atoms with Crippen molar-refractivity contribution in [2.45, 2.75) is 51.1 Å². The third-order valence-electron chi connectivity index (χ3n) is 5.98. The van der Waals surface area contributed by atoms with Gasteiger partial charge in [-0.15, -0.1) is 0 Å². The van der Waals surface area contributed by atoms with Gasteiger partial charge in [0.2, 0.25) is 5.91 Å². The molecule has 0 aliphatic carbocycles. The number of aromatic amines is 1. The zero-order valence-corrected chi connectivity index (χ0v) is 16.3. The zero-order valence-electron chi connectivity index (χ0n) is 16.3. The Morgan fingerprint density at radius 3 is 2.54 bits per heavy atom. The second-order valence-corrected chi connectivity index (χ2v) is 8.00. The van der Waals surface area contributed by atoms with Gasteiger partial charge in [0.15, 0.2) is 0 Å². The minimum Gasteiger partial charge on any atom is -0.508 e. The van der Waals surface area contributed by atoms with Crippen molar-refractivity contribution in [3.05, 3.63) is 36.0 Å². The average molecular weight is 382 g/mol. The van der Waals surface area contributed by atoms with Crippen LogP contribution in [0.3, 0.4) is 0 Å². The van der Waals surface area contributed by atoms with Crippen molar-refractivity contribution in [3.63, 3.8) is 0 Å². The van der Waals surface area contributed by atoms with Crippen LogP contribution >= 0.6 is 0 Å². The number of amides is 2. The lowest BCUT2D eigenvalue weighted by atomic mass is 9.84. The first-order valence-corrected chi connectivity index (χ1v) is 9.90. The molecule has 2 aliphatic rings. The van der Waals surface area contributed by atoms with E-state index < -0.39 is 5.54 Å². The number of phenolic OH excluding ortho intramolecular Hbond substituents is 1. The Hall–Kier alpha value is -2.83. The number of benzene rings is 1. The molecule has 2 amide bonds. The van der Waals surface area contributed by atoms with Crippen LogP contribution in [0.4, 0.5) is 0 Å². The van der Waals surface area contributed by atoms with Crippen molar-refractivity contribution < 1.29 is 14.7 Å². The Morgan fingerprint density at radius 2 is 1.86 bits per heavy atom. The molecule has 2 saturated heterocycles. The first-order valence-electron chi connectivity index (χ1n) is 9.90.